The Bertz CT molecular complexity index is 932. The lowest BCUT2D eigenvalue weighted by atomic mass is 9.78. The first-order chi connectivity index (χ1) is 11.2. The fourth-order valence-corrected chi connectivity index (χ4v) is 4.63. The Kier molecular flexibility index (Phi) is 3.05. The molecule has 0 aliphatic carbocycles. The second-order valence-electron chi connectivity index (χ2n) is 6.67. The Balaban J connectivity index is 1.98. The number of aliphatic hydroxyl groups excluding tert-OH is 1. The Morgan fingerprint density at radius 1 is 1.29 bits per heavy atom. The van der Waals surface area contributed by atoms with E-state index < -0.39 is 17.3 Å². The summed E-state index contributed by atoms with van der Waals surface area (Å²) in [4.78, 5) is 0. The lowest BCUT2D eigenvalue weighted by Crippen LogP contribution is -2.32. The second-order valence-corrected chi connectivity index (χ2v) is 7.83. The maximum Gasteiger partial charge on any atom is 0.205 e. The molecule has 24 heavy (non-hydrogen) atoms. The predicted molar refractivity (Wildman–Crippen MR) is 92.9 cm³/mol. The number of aromatic hydroxyl groups is 2. The third kappa shape index (κ3) is 1.71. The third-order valence-corrected chi connectivity index (χ3v) is 6.03. The molecule has 0 radical (unpaired) electrons. The quantitative estimate of drug-likeness (QED) is 0.595. The van der Waals surface area contributed by atoms with Crippen molar-refractivity contribution >= 4 is 22.6 Å². The van der Waals surface area contributed by atoms with Crippen LogP contribution in [0.25, 0.3) is 5.69 Å². The highest BCUT2D eigenvalue weighted by Gasteiger charge is 2.64. The molecule has 3 N–H and O–H groups in total. The van der Waals surface area contributed by atoms with E-state index in [2.05, 4.69) is 6.07 Å². The predicted octanol–water partition coefficient (Wildman–Crippen LogP) is 2.59. The van der Waals surface area contributed by atoms with Crippen molar-refractivity contribution in [2.45, 2.75) is 37.6 Å². The first-order valence-corrected chi connectivity index (χ1v) is 8.56. The van der Waals surface area contributed by atoms with Gasteiger partial charge in [0.1, 0.15) is 11.7 Å². The van der Waals surface area contributed by atoms with E-state index in [0.29, 0.717) is 28.8 Å². The van der Waals surface area contributed by atoms with Gasteiger partial charge in [0, 0.05) is 9.99 Å². The monoisotopic (exact) mass is 438 g/mol. The van der Waals surface area contributed by atoms with Gasteiger partial charge in [-0.3, -0.25) is 4.57 Å². The van der Waals surface area contributed by atoms with Crippen LogP contribution in [-0.2, 0) is 15.9 Å². The van der Waals surface area contributed by atoms with Crippen molar-refractivity contribution < 1.29 is 20.1 Å². The molecule has 0 saturated carbocycles. The standard InChI is InChI=1S/C17H15IN2O4/c1-16-6-11(21)17(2,24-16)13-12(16)14(22)20(15(13)23)9-4-3-8(7-19)10(18)5-9/h3-5,11,21-23H,6H2,1-2H3/t11-,16+,17-/m1/s1. The van der Waals surface area contributed by atoms with Crippen LogP contribution >= 0.6 is 22.6 Å². The number of hydrogen-bond acceptors (Lipinski definition) is 5. The SMILES string of the molecule is C[C@@]12O[C@@](C)(C[C@H]1O)c1c2c(O)n(-c2ccc(C#N)c(I)c2)c1O. The van der Waals surface area contributed by atoms with Crippen LogP contribution < -0.4 is 0 Å². The molecule has 124 valence electrons. The summed E-state index contributed by atoms with van der Waals surface area (Å²) in [6.07, 6.45) is -0.393. The third-order valence-electron chi connectivity index (χ3n) is 5.13. The van der Waals surface area contributed by atoms with Crippen LogP contribution in [0, 0.1) is 14.9 Å². The topological polar surface area (TPSA) is 98.6 Å². The number of ether oxygens (including phenoxy) is 1. The number of nitriles is 1. The van der Waals surface area contributed by atoms with Crippen molar-refractivity contribution in [1.82, 2.24) is 4.57 Å². The van der Waals surface area contributed by atoms with Crippen LogP contribution in [0.3, 0.4) is 0 Å². The molecular formula is C17H15IN2O4. The van der Waals surface area contributed by atoms with Crippen LogP contribution in [-0.4, -0.2) is 26.0 Å². The molecule has 1 aromatic heterocycles. The Labute approximate surface area is 152 Å². The van der Waals surface area contributed by atoms with Crippen LogP contribution in [0.5, 0.6) is 11.8 Å². The number of fused-ring (bicyclic) bond motifs is 5. The lowest BCUT2D eigenvalue weighted by Gasteiger charge is -2.25. The van der Waals surface area contributed by atoms with Gasteiger partial charge >= 0.3 is 0 Å². The molecule has 0 spiro atoms. The van der Waals surface area contributed by atoms with Crippen LogP contribution in [0.1, 0.15) is 37.0 Å². The van der Waals surface area contributed by atoms with Crippen molar-refractivity contribution in [3.05, 3.63) is 38.5 Å². The van der Waals surface area contributed by atoms with Crippen LogP contribution in [0.4, 0.5) is 0 Å². The van der Waals surface area contributed by atoms with Gasteiger partial charge in [0.05, 0.1) is 34.1 Å². The molecule has 3 atom stereocenters. The summed E-state index contributed by atoms with van der Waals surface area (Å²) in [7, 11) is 0. The normalized spacial score (nSPS) is 30.4. The number of benzene rings is 1. The van der Waals surface area contributed by atoms with Crippen molar-refractivity contribution in [2.75, 3.05) is 0 Å². The highest BCUT2D eigenvalue weighted by molar-refractivity contribution is 14.1. The zero-order chi connectivity index (χ0) is 17.4. The summed E-state index contributed by atoms with van der Waals surface area (Å²) in [6, 6.07) is 7.12. The molecule has 6 nitrogen and oxygen atoms in total. The van der Waals surface area contributed by atoms with E-state index in [-0.39, 0.29) is 11.8 Å². The highest BCUT2D eigenvalue weighted by atomic mass is 127. The molecular weight excluding hydrogens is 423 g/mol. The summed E-state index contributed by atoms with van der Waals surface area (Å²) in [5.41, 5.74) is 0.139. The largest absolute Gasteiger partial charge is 0.494 e. The molecule has 2 bridgehead atoms. The Morgan fingerprint density at radius 2 is 1.96 bits per heavy atom. The summed E-state index contributed by atoms with van der Waals surface area (Å²) >= 11 is 2.04. The molecule has 0 unspecified atom stereocenters. The van der Waals surface area contributed by atoms with Gasteiger partial charge in [-0.2, -0.15) is 5.26 Å². The zero-order valence-corrected chi connectivity index (χ0v) is 15.2. The molecule has 2 aliphatic heterocycles. The van der Waals surface area contributed by atoms with Crippen LogP contribution in [0.2, 0.25) is 0 Å². The number of aromatic nitrogens is 1. The van der Waals surface area contributed by atoms with E-state index >= 15 is 0 Å². The molecule has 1 saturated heterocycles. The van der Waals surface area contributed by atoms with Crippen molar-refractivity contribution in [3.8, 4) is 23.5 Å². The van der Waals surface area contributed by atoms with Gasteiger partial charge in [0.25, 0.3) is 0 Å². The van der Waals surface area contributed by atoms with E-state index in [4.69, 9.17) is 10.00 Å². The maximum atomic E-state index is 10.8. The Morgan fingerprint density at radius 3 is 2.58 bits per heavy atom. The Hall–Kier alpha value is -1.76. The van der Waals surface area contributed by atoms with Crippen molar-refractivity contribution in [3.63, 3.8) is 0 Å². The van der Waals surface area contributed by atoms with E-state index in [9.17, 15) is 15.3 Å². The molecule has 0 amide bonds. The average Bonchev–Trinajstić information content (AvgIpc) is 3.01. The average molecular weight is 438 g/mol. The summed E-state index contributed by atoms with van der Waals surface area (Å²) in [5, 5.41) is 40.9. The summed E-state index contributed by atoms with van der Waals surface area (Å²) < 4.78 is 8.01. The fraction of sp³-hybridized carbons (Fsp3) is 0.353. The van der Waals surface area contributed by atoms with Gasteiger partial charge in [-0.05, 0) is 54.6 Å². The molecule has 2 aromatic rings. The minimum atomic E-state index is -1.04. The zero-order valence-electron chi connectivity index (χ0n) is 13.0. The van der Waals surface area contributed by atoms with Crippen molar-refractivity contribution in [1.29, 1.82) is 5.26 Å². The number of rotatable bonds is 1. The van der Waals surface area contributed by atoms with Gasteiger partial charge in [-0.1, -0.05) is 0 Å². The molecule has 4 rings (SSSR count). The minimum absolute atomic E-state index is 0.0962. The summed E-state index contributed by atoms with van der Waals surface area (Å²) in [6.45, 7) is 3.53. The number of aliphatic hydroxyl groups is 1. The molecule has 1 aromatic carbocycles. The molecule has 7 heteroatoms. The maximum absolute atomic E-state index is 10.8. The molecule has 1 fully saturated rings. The molecule has 3 heterocycles. The van der Waals surface area contributed by atoms with Crippen molar-refractivity contribution in [2.24, 2.45) is 0 Å². The second kappa shape index (κ2) is 4.65. The van der Waals surface area contributed by atoms with Crippen LogP contribution in [0.15, 0.2) is 18.2 Å². The fourth-order valence-electron chi connectivity index (χ4n) is 4.01. The van der Waals surface area contributed by atoms with Gasteiger partial charge in [-0.15, -0.1) is 0 Å². The smallest absolute Gasteiger partial charge is 0.205 e. The molecule has 2 aliphatic rings. The van der Waals surface area contributed by atoms with Gasteiger partial charge in [0.15, 0.2) is 0 Å². The van der Waals surface area contributed by atoms with E-state index in [1.807, 2.05) is 22.6 Å². The first-order valence-electron chi connectivity index (χ1n) is 7.49. The number of hydrogen-bond donors (Lipinski definition) is 3. The van der Waals surface area contributed by atoms with E-state index in [1.54, 1.807) is 32.0 Å². The highest BCUT2D eigenvalue weighted by Crippen LogP contribution is 2.64. The van der Waals surface area contributed by atoms with E-state index in [1.165, 1.54) is 4.57 Å². The summed E-state index contributed by atoms with van der Waals surface area (Å²) in [5.74, 6) is -0.242. The number of nitrogens with zero attached hydrogens (tertiary/aromatic N) is 2. The van der Waals surface area contributed by atoms with Gasteiger partial charge in [0.2, 0.25) is 11.8 Å². The van der Waals surface area contributed by atoms with Gasteiger partial charge < -0.3 is 20.1 Å². The van der Waals surface area contributed by atoms with E-state index in [0.717, 1.165) is 3.57 Å². The lowest BCUT2D eigenvalue weighted by molar-refractivity contribution is -0.0936. The number of halogens is 1. The van der Waals surface area contributed by atoms with Gasteiger partial charge in [-0.25, -0.2) is 0 Å². The minimum Gasteiger partial charge on any atom is -0.494 e. The first kappa shape index (κ1) is 15.7.